The van der Waals surface area contributed by atoms with E-state index in [0.29, 0.717) is 16.3 Å². The molecule has 0 aliphatic carbocycles. The lowest BCUT2D eigenvalue weighted by Crippen LogP contribution is -2.12. The van der Waals surface area contributed by atoms with Crippen molar-refractivity contribution in [1.82, 2.24) is 4.98 Å². The number of carbonyl (C=O) groups excluding carboxylic acids is 1. The van der Waals surface area contributed by atoms with Crippen LogP contribution in [-0.2, 0) is 0 Å². The fourth-order valence-corrected chi connectivity index (χ4v) is 2.20. The van der Waals surface area contributed by atoms with Crippen LogP contribution in [0, 0.1) is 5.82 Å². The summed E-state index contributed by atoms with van der Waals surface area (Å²) in [7, 11) is 0. The van der Waals surface area contributed by atoms with Crippen molar-refractivity contribution in [2.45, 2.75) is 0 Å². The van der Waals surface area contributed by atoms with Gasteiger partial charge in [0, 0.05) is 22.2 Å². The van der Waals surface area contributed by atoms with E-state index in [1.54, 1.807) is 30.5 Å². The van der Waals surface area contributed by atoms with Gasteiger partial charge in [0.2, 0.25) is 0 Å². The molecule has 3 aromatic rings. The predicted octanol–water partition coefficient (Wildman–Crippen LogP) is 4.28. The molecule has 1 amide bonds. The molecule has 0 aliphatic heterocycles. The van der Waals surface area contributed by atoms with E-state index >= 15 is 0 Å². The first-order chi connectivity index (χ1) is 10.1. The normalized spacial score (nSPS) is 10.6. The third-order valence-corrected chi connectivity index (χ3v) is 3.29. The van der Waals surface area contributed by atoms with Crippen molar-refractivity contribution in [3.8, 4) is 0 Å². The Morgan fingerprint density at radius 3 is 2.62 bits per heavy atom. The zero-order valence-corrected chi connectivity index (χ0v) is 11.6. The molecule has 3 rings (SSSR count). The number of halogens is 2. The van der Waals surface area contributed by atoms with Gasteiger partial charge in [-0.05, 0) is 48.5 Å². The minimum atomic E-state index is -0.382. The third-order valence-electron chi connectivity index (χ3n) is 3.06. The summed E-state index contributed by atoms with van der Waals surface area (Å²) in [5, 5.41) is 4.10. The van der Waals surface area contributed by atoms with Gasteiger partial charge in [0.05, 0.1) is 11.2 Å². The highest BCUT2D eigenvalue weighted by Gasteiger charge is 2.09. The van der Waals surface area contributed by atoms with Crippen LogP contribution in [-0.4, -0.2) is 10.9 Å². The Bertz CT molecular complexity index is 818. The summed E-state index contributed by atoms with van der Waals surface area (Å²) >= 11 is 5.98. The molecule has 1 N–H and O–H groups in total. The average molecular weight is 301 g/mol. The molecule has 2 aromatic carbocycles. The molecule has 0 aliphatic rings. The predicted molar refractivity (Wildman–Crippen MR) is 81.1 cm³/mol. The second-order valence-corrected chi connectivity index (χ2v) is 4.92. The smallest absolute Gasteiger partial charge is 0.255 e. The monoisotopic (exact) mass is 300 g/mol. The Labute approximate surface area is 125 Å². The first-order valence-corrected chi connectivity index (χ1v) is 6.62. The van der Waals surface area contributed by atoms with E-state index in [-0.39, 0.29) is 11.7 Å². The standard InChI is InChI=1S/C16H10ClFN2O/c17-11-3-6-14-13(9-11)15(7-8-19-14)20-16(21)10-1-4-12(18)5-2-10/h1-9H,(H,19,20,21). The largest absolute Gasteiger partial charge is 0.321 e. The number of benzene rings is 2. The highest BCUT2D eigenvalue weighted by molar-refractivity contribution is 6.31. The summed E-state index contributed by atoms with van der Waals surface area (Å²) in [5.41, 5.74) is 1.72. The van der Waals surface area contributed by atoms with Gasteiger partial charge >= 0.3 is 0 Å². The Kier molecular flexibility index (Phi) is 3.54. The van der Waals surface area contributed by atoms with Gasteiger partial charge in [-0.1, -0.05) is 11.6 Å². The number of nitrogens with zero attached hydrogens (tertiary/aromatic N) is 1. The number of pyridine rings is 1. The van der Waals surface area contributed by atoms with Crippen LogP contribution in [0.3, 0.4) is 0 Å². The summed E-state index contributed by atoms with van der Waals surface area (Å²) in [6.07, 6.45) is 1.61. The topological polar surface area (TPSA) is 42.0 Å². The quantitative estimate of drug-likeness (QED) is 0.767. The Morgan fingerprint density at radius 2 is 1.86 bits per heavy atom. The van der Waals surface area contributed by atoms with E-state index in [0.717, 1.165) is 10.9 Å². The molecule has 21 heavy (non-hydrogen) atoms. The maximum atomic E-state index is 12.9. The highest BCUT2D eigenvalue weighted by Crippen LogP contribution is 2.25. The van der Waals surface area contributed by atoms with Gasteiger partial charge < -0.3 is 5.32 Å². The minimum Gasteiger partial charge on any atom is -0.321 e. The van der Waals surface area contributed by atoms with Gasteiger partial charge in [-0.3, -0.25) is 9.78 Å². The zero-order chi connectivity index (χ0) is 14.8. The fraction of sp³-hybridized carbons (Fsp3) is 0. The van der Waals surface area contributed by atoms with Crippen LogP contribution in [0.25, 0.3) is 10.9 Å². The molecule has 0 spiro atoms. The van der Waals surface area contributed by atoms with E-state index in [2.05, 4.69) is 10.3 Å². The second-order valence-electron chi connectivity index (χ2n) is 4.48. The summed E-state index contributed by atoms with van der Waals surface area (Å²) in [6, 6.07) is 12.3. The van der Waals surface area contributed by atoms with E-state index in [1.807, 2.05) is 0 Å². The molecule has 5 heteroatoms. The van der Waals surface area contributed by atoms with Crippen LogP contribution in [0.5, 0.6) is 0 Å². The fourth-order valence-electron chi connectivity index (χ4n) is 2.02. The molecule has 0 radical (unpaired) electrons. The van der Waals surface area contributed by atoms with Crippen molar-refractivity contribution in [2.24, 2.45) is 0 Å². The maximum Gasteiger partial charge on any atom is 0.255 e. The lowest BCUT2D eigenvalue weighted by Gasteiger charge is -2.08. The molecule has 1 heterocycles. The van der Waals surface area contributed by atoms with Gasteiger partial charge in [0.25, 0.3) is 5.91 Å². The molecular weight excluding hydrogens is 291 g/mol. The van der Waals surface area contributed by atoms with E-state index in [4.69, 9.17) is 11.6 Å². The number of rotatable bonds is 2. The molecule has 3 nitrogen and oxygen atoms in total. The summed E-state index contributed by atoms with van der Waals surface area (Å²) in [6.45, 7) is 0. The van der Waals surface area contributed by atoms with Gasteiger partial charge in [-0.25, -0.2) is 4.39 Å². The lowest BCUT2D eigenvalue weighted by molar-refractivity contribution is 0.102. The molecule has 0 fully saturated rings. The molecular formula is C16H10ClFN2O. The van der Waals surface area contributed by atoms with Gasteiger partial charge in [-0.15, -0.1) is 0 Å². The van der Waals surface area contributed by atoms with Crippen molar-refractivity contribution >= 4 is 34.1 Å². The Hall–Kier alpha value is -2.46. The zero-order valence-electron chi connectivity index (χ0n) is 10.8. The number of nitrogens with one attached hydrogen (secondary N) is 1. The highest BCUT2D eigenvalue weighted by atomic mass is 35.5. The van der Waals surface area contributed by atoms with Crippen molar-refractivity contribution < 1.29 is 9.18 Å². The summed E-state index contributed by atoms with van der Waals surface area (Å²) in [5.74, 6) is -0.699. The molecule has 1 aromatic heterocycles. The van der Waals surface area contributed by atoms with E-state index in [1.165, 1.54) is 24.3 Å². The number of amides is 1. The van der Waals surface area contributed by atoms with Crippen molar-refractivity contribution in [2.75, 3.05) is 5.32 Å². The van der Waals surface area contributed by atoms with Gasteiger partial charge in [0.1, 0.15) is 5.82 Å². The number of anilines is 1. The van der Waals surface area contributed by atoms with Crippen LogP contribution in [0.15, 0.2) is 54.7 Å². The van der Waals surface area contributed by atoms with Crippen molar-refractivity contribution in [1.29, 1.82) is 0 Å². The molecule has 104 valence electrons. The van der Waals surface area contributed by atoms with Crippen LogP contribution >= 0.6 is 11.6 Å². The molecule has 0 saturated carbocycles. The number of hydrogen-bond acceptors (Lipinski definition) is 2. The van der Waals surface area contributed by atoms with E-state index in [9.17, 15) is 9.18 Å². The number of hydrogen-bond donors (Lipinski definition) is 1. The second kappa shape index (κ2) is 5.50. The average Bonchev–Trinajstić information content (AvgIpc) is 2.48. The third kappa shape index (κ3) is 2.85. The van der Waals surface area contributed by atoms with Crippen LogP contribution < -0.4 is 5.32 Å². The molecule has 0 unspecified atom stereocenters. The maximum absolute atomic E-state index is 12.9. The number of aromatic nitrogens is 1. The van der Waals surface area contributed by atoms with Crippen LogP contribution in [0.2, 0.25) is 5.02 Å². The van der Waals surface area contributed by atoms with Crippen LogP contribution in [0.1, 0.15) is 10.4 Å². The summed E-state index contributed by atoms with van der Waals surface area (Å²) in [4.78, 5) is 16.4. The molecule has 0 atom stereocenters. The van der Waals surface area contributed by atoms with E-state index < -0.39 is 0 Å². The van der Waals surface area contributed by atoms with Gasteiger partial charge in [-0.2, -0.15) is 0 Å². The lowest BCUT2D eigenvalue weighted by atomic mass is 10.1. The van der Waals surface area contributed by atoms with Crippen molar-refractivity contribution in [3.63, 3.8) is 0 Å². The number of fused-ring (bicyclic) bond motifs is 1. The first kappa shape index (κ1) is 13.5. The SMILES string of the molecule is O=C(Nc1ccnc2ccc(Cl)cc12)c1ccc(F)cc1. The molecule has 0 bridgehead atoms. The Morgan fingerprint density at radius 1 is 1.10 bits per heavy atom. The number of carbonyl (C=O) groups is 1. The van der Waals surface area contributed by atoms with Crippen LogP contribution in [0.4, 0.5) is 10.1 Å². The first-order valence-electron chi connectivity index (χ1n) is 6.25. The Balaban J connectivity index is 1.96. The van der Waals surface area contributed by atoms with Gasteiger partial charge in [0.15, 0.2) is 0 Å². The summed E-state index contributed by atoms with van der Waals surface area (Å²) < 4.78 is 12.9. The minimum absolute atomic E-state index is 0.317. The molecule has 0 saturated heterocycles. The van der Waals surface area contributed by atoms with Crippen molar-refractivity contribution in [3.05, 3.63) is 71.1 Å².